The van der Waals surface area contributed by atoms with Gasteiger partial charge < -0.3 is 0 Å². The Morgan fingerprint density at radius 1 is 1.42 bits per heavy atom. The Morgan fingerprint density at radius 3 is 2.85 bits per heavy atom. The van der Waals surface area contributed by atoms with Gasteiger partial charge in [-0.3, -0.25) is 9.48 Å². The molecule has 1 aromatic carbocycles. The lowest BCUT2D eigenvalue weighted by Gasteiger charge is -2.10. The van der Waals surface area contributed by atoms with Gasteiger partial charge in [0.2, 0.25) is 0 Å². The second kappa shape index (κ2) is 7.20. The molecule has 1 atom stereocenters. The monoisotopic (exact) mass is 394 g/mol. The van der Waals surface area contributed by atoms with E-state index in [4.69, 9.17) is 11.6 Å². The highest BCUT2D eigenvalue weighted by atomic mass is 35.5. The van der Waals surface area contributed by atoms with Crippen LogP contribution >= 0.6 is 11.6 Å². The highest BCUT2D eigenvalue weighted by molar-refractivity contribution is 7.91. The molecule has 138 valence electrons. The van der Waals surface area contributed by atoms with E-state index in [1.54, 1.807) is 28.9 Å². The van der Waals surface area contributed by atoms with Gasteiger partial charge in [0.25, 0.3) is 5.91 Å². The molecule has 0 spiro atoms. The van der Waals surface area contributed by atoms with Crippen LogP contribution < -0.4 is 5.43 Å². The summed E-state index contributed by atoms with van der Waals surface area (Å²) in [4.78, 5) is 12.1. The molecule has 0 bridgehead atoms. The molecule has 1 aromatic heterocycles. The Morgan fingerprint density at radius 2 is 2.19 bits per heavy atom. The van der Waals surface area contributed by atoms with E-state index in [0.717, 1.165) is 17.0 Å². The van der Waals surface area contributed by atoms with Crippen molar-refractivity contribution in [3.63, 3.8) is 0 Å². The molecule has 2 heterocycles. The third kappa shape index (κ3) is 3.96. The second-order valence-electron chi connectivity index (χ2n) is 6.30. The number of rotatable bonds is 4. The van der Waals surface area contributed by atoms with Crippen LogP contribution in [-0.2, 0) is 9.84 Å². The molecule has 0 radical (unpaired) electrons. The first-order valence-corrected chi connectivity index (χ1v) is 10.3. The Bertz CT molecular complexity index is 982. The van der Waals surface area contributed by atoms with E-state index in [1.165, 1.54) is 6.21 Å². The molecule has 7 nitrogen and oxygen atoms in total. The Balaban J connectivity index is 1.74. The summed E-state index contributed by atoms with van der Waals surface area (Å²) in [5.74, 6) is -0.0695. The summed E-state index contributed by atoms with van der Waals surface area (Å²) < 4.78 is 25.1. The first-order valence-electron chi connectivity index (χ1n) is 8.12. The van der Waals surface area contributed by atoms with Crippen LogP contribution in [0.15, 0.2) is 29.4 Å². The summed E-state index contributed by atoms with van der Waals surface area (Å²) in [7, 11) is -2.99. The van der Waals surface area contributed by atoms with E-state index < -0.39 is 9.84 Å². The minimum atomic E-state index is -2.99. The fourth-order valence-electron chi connectivity index (χ4n) is 3.04. The smallest absolute Gasteiger partial charge is 0.267 e. The van der Waals surface area contributed by atoms with Gasteiger partial charge >= 0.3 is 0 Å². The van der Waals surface area contributed by atoms with Crippen LogP contribution in [0, 0.1) is 13.8 Å². The molecule has 1 N–H and O–H groups in total. The van der Waals surface area contributed by atoms with Crippen LogP contribution in [-0.4, -0.2) is 41.8 Å². The van der Waals surface area contributed by atoms with Crippen LogP contribution in [0.1, 0.15) is 39.8 Å². The maximum atomic E-state index is 12.1. The van der Waals surface area contributed by atoms with Crippen LogP contribution in [0.4, 0.5) is 0 Å². The third-order valence-electron chi connectivity index (χ3n) is 4.38. The van der Waals surface area contributed by atoms with E-state index in [1.807, 2.05) is 13.8 Å². The summed E-state index contributed by atoms with van der Waals surface area (Å²) in [6, 6.07) is 6.43. The van der Waals surface area contributed by atoms with E-state index >= 15 is 0 Å². The number of hydrazone groups is 1. The predicted octanol–water partition coefficient (Wildman–Crippen LogP) is 2.28. The lowest BCUT2D eigenvalue weighted by atomic mass is 10.2. The van der Waals surface area contributed by atoms with Gasteiger partial charge in [0.15, 0.2) is 9.84 Å². The van der Waals surface area contributed by atoms with E-state index in [-0.39, 0.29) is 23.5 Å². The summed E-state index contributed by atoms with van der Waals surface area (Å²) >= 11 is 5.87. The number of carbonyl (C=O) groups is 1. The number of benzene rings is 1. The van der Waals surface area contributed by atoms with Gasteiger partial charge in [-0.25, -0.2) is 13.8 Å². The third-order valence-corrected chi connectivity index (χ3v) is 6.37. The molecule has 1 fully saturated rings. The fraction of sp³-hybridized carbons (Fsp3) is 0.353. The van der Waals surface area contributed by atoms with Crippen molar-refractivity contribution in [1.29, 1.82) is 0 Å². The highest BCUT2D eigenvalue weighted by Gasteiger charge is 2.31. The fourth-order valence-corrected chi connectivity index (χ4v) is 4.92. The highest BCUT2D eigenvalue weighted by Crippen LogP contribution is 2.26. The van der Waals surface area contributed by atoms with Crippen molar-refractivity contribution >= 4 is 33.6 Å². The van der Waals surface area contributed by atoms with Gasteiger partial charge in [-0.15, -0.1) is 0 Å². The zero-order valence-corrected chi connectivity index (χ0v) is 16.0. The number of carbonyl (C=O) groups excluding carboxylic acids is 1. The van der Waals surface area contributed by atoms with E-state index in [2.05, 4.69) is 15.6 Å². The van der Waals surface area contributed by atoms with E-state index in [9.17, 15) is 13.2 Å². The van der Waals surface area contributed by atoms with Crippen molar-refractivity contribution in [2.24, 2.45) is 5.10 Å². The number of hydrogen-bond acceptors (Lipinski definition) is 5. The zero-order valence-electron chi connectivity index (χ0n) is 14.4. The first kappa shape index (κ1) is 18.6. The van der Waals surface area contributed by atoms with Gasteiger partial charge in [0, 0.05) is 21.8 Å². The lowest BCUT2D eigenvalue weighted by molar-refractivity contribution is 0.0955. The largest absolute Gasteiger partial charge is 0.271 e. The van der Waals surface area contributed by atoms with Crippen molar-refractivity contribution in [3.05, 3.63) is 51.8 Å². The number of aryl methyl sites for hydroxylation is 1. The minimum absolute atomic E-state index is 0.108. The van der Waals surface area contributed by atoms with Gasteiger partial charge in [-0.2, -0.15) is 10.2 Å². The molecular formula is C17H19ClN4O3S. The molecule has 1 saturated heterocycles. The SMILES string of the molecule is Cc1nn([C@@H]2CCS(=O)(=O)C2)c(C)c1/C=N\NC(=O)c1cccc(Cl)c1. The molecule has 1 aliphatic rings. The van der Waals surface area contributed by atoms with Crippen LogP contribution in [0.25, 0.3) is 0 Å². The van der Waals surface area contributed by atoms with Crippen LogP contribution in [0.5, 0.6) is 0 Å². The summed E-state index contributed by atoms with van der Waals surface area (Å²) in [5.41, 5.74) is 5.19. The van der Waals surface area contributed by atoms with Crippen molar-refractivity contribution < 1.29 is 13.2 Å². The average molecular weight is 395 g/mol. The molecule has 0 aliphatic carbocycles. The zero-order chi connectivity index (χ0) is 18.9. The van der Waals surface area contributed by atoms with Crippen LogP contribution in [0.2, 0.25) is 5.02 Å². The Hall–Kier alpha value is -2.19. The lowest BCUT2D eigenvalue weighted by Crippen LogP contribution is -2.17. The molecule has 2 aromatic rings. The van der Waals surface area contributed by atoms with Crippen LogP contribution in [0.3, 0.4) is 0 Å². The van der Waals surface area contributed by atoms with Crippen molar-refractivity contribution in [2.45, 2.75) is 26.3 Å². The average Bonchev–Trinajstić information content (AvgIpc) is 3.07. The summed E-state index contributed by atoms with van der Waals surface area (Å²) in [5, 5.41) is 8.93. The number of sulfone groups is 1. The molecule has 1 aliphatic heterocycles. The molecule has 1 amide bonds. The predicted molar refractivity (Wildman–Crippen MR) is 101 cm³/mol. The van der Waals surface area contributed by atoms with Crippen molar-refractivity contribution in [1.82, 2.24) is 15.2 Å². The summed E-state index contributed by atoms with van der Waals surface area (Å²) in [6.45, 7) is 3.69. The summed E-state index contributed by atoms with van der Waals surface area (Å²) in [6.07, 6.45) is 2.09. The number of aromatic nitrogens is 2. The number of nitrogens with zero attached hydrogens (tertiary/aromatic N) is 3. The quantitative estimate of drug-likeness (QED) is 0.635. The van der Waals surface area contributed by atoms with Gasteiger partial charge in [0.05, 0.1) is 29.5 Å². The number of nitrogens with one attached hydrogen (secondary N) is 1. The molecule has 26 heavy (non-hydrogen) atoms. The Kier molecular flexibility index (Phi) is 5.15. The van der Waals surface area contributed by atoms with Crippen molar-refractivity contribution in [2.75, 3.05) is 11.5 Å². The van der Waals surface area contributed by atoms with Gasteiger partial charge in [0.1, 0.15) is 0 Å². The topological polar surface area (TPSA) is 93.4 Å². The molecule has 9 heteroatoms. The molecular weight excluding hydrogens is 376 g/mol. The first-order chi connectivity index (χ1) is 12.3. The number of hydrogen-bond donors (Lipinski definition) is 1. The molecule has 3 rings (SSSR count). The number of halogens is 1. The minimum Gasteiger partial charge on any atom is -0.267 e. The Labute approximate surface area is 157 Å². The van der Waals surface area contributed by atoms with E-state index in [0.29, 0.717) is 17.0 Å². The normalized spacial score (nSPS) is 19.1. The van der Waals surface area contributed by atoms with Gasteiger partial charge in [-0.1, -0.05) is 17.7 Å². The number of amides is 1. The standard InChI is InChI=1S/C17H19ClN4O3S/c1-11-16(9-19-20-17(23)13-4-3-5-14(18)8-13)12(2)22(21-11)15-6-7-26(24,25)10-15/h3-5,8-9,15H,6-7,10H2,1-2H3,(H,20,23)/b19-9-/t15-/m1/s1. The maximum absolute atomic E-state index is 12.1. The second-order valence-corrected chi connectivity index (χ2v) is 8.96. The maximum Gasteiger partial charge on any atom is 0.271 e. The van der Waals surface area contributed by atoms with Gasteiger partial charge in [-0.05, 0) is 38.5 Å². The van der Waals surface area contributed by atoms with Crippen molar-refractivity contribution in [3.8, 4) is 0 Å². The molecule has 0 saturated carbocycles. The molecule has 0 unspecified atom stereocenters.